The van der Waals surface area contributed by atoms with Crippen LogP contribution in [0.4, 0.5) is 11.4 Å². The number of nitrogens with zero attached hydrogens (tertiary/aromatic N) is 2. The van der Waals surface area contributed by atoms with Crippen LogP contribution >= 0.6 is 0 Å². The van der Waals surface area contributed by atoms with Gasteiger partial charge >= 0.3 is 0 Å². The van der Waals surface area contributed by atoms with Crippen molar-refractivity contribution in [1.29, 1.82) is 0 Å². The third kappa shape index (κ3) is 1.82. The summed E-state index contributed by atoms with van der Waals surface area (Å²) >= 11 is 0. The van der Waals surface area contributed by atoms with E-state index in [0.29, 0.717) is 5.92 Å². The predicted molar refractivity (Wildman–Crippen MR) is 127 cm³/mol. The van der Waals surface area contributed by atoms with Gasteiger partial charge in [-0.05, 0) is 60.2 Å². The number of anilines is 1. The van der Waals surface area contributed by atoms with Crippen LogP contribution in [0, 0.1) is 11.8 Å². The van der Waals surface area contributed by atoms with E-state index >= 15 is 0 Å². The number of rotatable bonds is 0. The van der Waals surface area contributed by atoms with E-state index in [1.54, 1.807) is 6.26 Å². The molecule has 4 atom stereocenters. The van der Waals surface area contributed by atoms with E-state index in [0.717, 1.165) is 34.7 Å². The second-order valence-electron chi connectivity index (χ2n) is 10.1. The van der Waals surface area contributed by atoms with Crippen molar-refractivity contribution in [2.24, 2.45) is 16.8 Å². The number of hydrogen-bond donors (Lipinski definition) is 0. The molecule has 2 spiro atoms. The molecule has 3 aromatic carbocycles. The summed E-state index contributed by atoms with van der Waals surface area (Å²) in [4.78, 5) is 7.40. The third-order valence-corrected chi connectivity index (χ3v) is 8.89. The summed E-state index contributed by atoms with van der Waals surface area (Å²) in [6.45, 7) is 0. The average Bonchev–Trinajstić information content (AvgIpc) is 3.60. The van der Waals surface area contributed by atoms with Gasteiger partial charge in [-0.3, -0.25) is 4.99 Å². The second kappa shape index (κ2) is 5.55. The number of likely N-dealkylation sites (N-methyl/N-ethyl adjacent to an activating group) is 1. The van der Waals surface area contributed by atoms with E-state index in [9.17, 15) is 0 Å². The van der Waals surface area contributed by atoms with Crippen LogP contribution in [0.15, 0.2) is 70.3 Å². The van der Waals surface area contributed by atoms with Gasteiger partial charge in [-0.25, -0.2) is 0 Å². The van der Waals surface area contributed by atoms with E-state index < -0.39 is 5.72 Å². The molecule has 0 amide bonds. The van der Waals surface area contributed by atoms with Gasteiger partial charge in [0.25, 0.3) is 0 Å². The van der Waals surface area contributed by atoms with Gasteiger partial charge in [0.05, 0.1) is 17.9 Å². The van der Waals surface area contributed by atoms with Crippen LogP contribution in [-0.4, -0.2) is 19.0 Å². The molecule has 2 bridgehead atoms. The standard InChI is InChI=1S/C28H24N2O2/c1-30-24-14-25-19(10-11-31-25)13-22(24)27(15-17-6-8-20(27)12-17)28(30)16-29-23-9-7-18-4-2-3-5-21(18)26(23)32-28/h2-5,7,9-11,13-14,16-17,20H,6,8,12,15H2,1H3. The Morgan fingerprint density at radius 3 is 2.84 bits per heavy atom. The molecule has 2 saturated carbocycles. The minimum Gasteiger partial charge on any atom is -0.464 e. The number of fused-ring (bicyclic) bond motifs is 10. The van der Waals surface area contributed by atoms with Crippen LogP contribution in [0.5, 0.6) is 5.75 Å². The molecule has 3 heterocycles. The first-order chi connectivity index (χ1) is 15.7. The largest absolute Gasteiger partial charge is 0.464 e. The van der Waals surface area contributed by atoms with Crippen LogP contribution in [0.2, 0.25) is 0 Å². The zero-order chi connectivity index (χ0) is 21.1. The first kappa shape index (κ1) is 17.3. The summed E-state index contributed by atoms with van der Waals surface area (Å²) in [5, 5.41) is 3.50. The molecule has 2 aliphatic heterocycles. The SMILES string of the molecule is CN1c2cc3occc3cc2C2(CC3CCC2C3)C12C=Nc1ccc3ccccc3c1O2. The highest BCUT2D eigenvalue weighted by molar-refractivity contribution is 5.98. The van der Waals surface area contributed by atoms with Crippen LogP contribution in [-0.2, 0) is 5.41 Å². The van der Waals surface area contributed by atoms with Crippen LogP contribution in [0.25, 0.3) is 21.7 Å². The van der Waals surface area contributed by atoms with Crippen molar-refractivity contribution in [1.82, 2.24) is 0 Å². The lowest BCUT2D eigenvalue weighted by Crippen LogP contribution is -2.64. The van der Waals surface area contributed by atoms with Crippen molar-refractivity contribution >= 4 is 39.3 Å². The smallest absolute Gasteiger partial charge is 0.229 e. The van der Waals surface area contributed by atoms with E-state index in [-0.39, 0.29) is 5.41 Å². The molecule has 4 aliphatic rings. The number of ether oxygens (including phenoxy) is 1. The Bertz CT molecular complexity index is 1470. The highest BCUT2D eigenvalue weighted by Crippen LogP contribution is 2.68. The lowest BCUT2D eigenvalue weighted by atomic mass is 9.63. The molecule has 4 nitrogen and oxygen atoms in total. The van der Waals surface area contributed by atoms with E-state index in [1.165, 1.54) is 41.3 Å². The molecule has 4 heteroatoms. The maximum Gasteiger partial charge on any atom is 0.229 e. The number of hydrogen-bond acceptors (Lipinski definition) is 4. The molecule has 32 heavy (non-hydrogen) atoms. The summed E-state index contributed by atoms with van der Waals surface area (Å²) in [5.74, 6) is 2.28. The zero-order valence-corrected chi connectivity index (χ0v) is 18.0. The van der Waals surface area contributed by atoms with Gasteiger partial charge in [0.15, 0.2) is 5.75 Å². The highest BCUT2D eigenvalue weighted by Gasteiger charge is 2.70. The fraction of sp³-hybridized carbons (Fsp3) is 0.321. The molecular formula is C28H24N2O2. The van der Waals surface area contributed by atoms with E-state index in [2.05, 4.69) is 72.8 Å². The lowest BCUT2D eigenvalue weighted by molar-refractivity contribution is 0.0303. The Labute approximate surface area is 186 Å². The van der Waals surface area contributed by atoms with Crippen molar-refractivity contribution in [3.63, 3.8) is 0 Å². The average molecular weight is 421 g/mol. The second-order valence-corrected chi connectivity index (χ2v) is 10.1. The first-order valence-corrected chi connectivity index (χ1v) is 11.7. The van der Waals surface area contributed by atoms with Gasteiger partial charge in [0, 0.05) is 29.6 Å². The van der Waals surface area contributed by atoms with Crippen molar-refractivity contribution in [3.8, 4) is 5.75 Å². The molecule has 4 aromatic rings. The summed E-state index contributed by atoms with van der Waals surface area (Å²) < 4.78 is 13.0. The highest BCUT2D eigenvalue weighted by atomic mass is 16.5. The fourth-order valence-corrected chi connectivity index (χ4v) is 7.54. The maximum absolute atomic E-state index is 7.23. The summed E-state index contributed by atoms with van der Waals surface area (Å²) in [6, 6.07) is 19.4. The summed E-state index contributed by atoms with van der Waals surface area (Å²) in [7, 11) is 2.18. The monoisotopic (exact) mass is 420 g/mol. The maximum atomic E-state index is 7.23. The third-order valence-electron chi connectivity index (χ3n) is 8.89. The topological polar surface area (TPSA) is 38.0 Å². The van der Waals surface area contributed by atoms with Gasteiger partial charge in [-0.15, -0.1) is 0 Å². The van der Waals surface area contributed by atoms with Crippen LogP contribution in [0.1, 0.15) is 31.2 Å². The molecule has 4 unspecified atom stereocenters. The van der Waals surface area contributed by atoms with Crippen LogP contribution in [0.3, 0.4) is 0 Å². The van der Waals surface area contributed by atoms with Gasteiger partial charge in [0.2, 0.25) is 5.72 Å². The quantitative estimate of drug-likeness (QED) is 0.322. The Morgan fingerprint density at radius 2 is 1.97 bits per heavy atom. The van der Waals surface area contributed by atoms with Gasteiger partial charge in [0.1, 0.15) is 11.3 Å². The predicted octanol–water partition coefficient (Wildman–Crippen LogP) is 6.58. The fourth-order valence-electron chi connectivity index (χ4n) is 7.54. The summed E-state index contributed by atoms with van der Waals surface area (Å²) in [6.07, 6.45) is 8.97. The normalized spacial score (nSPS) is 31.7. The number of furan rings is 1. The molecule has 158 valence electrons. The van der Waals surface area contributed by atoms with Crippen LogP contribution < -0.4 is 9.64 Å². The Balaban J connectivity index is 1.42. The van der Waals surface area contributed by atoms with Crippen molar-refractivity contribution in [3.05, 3.63) is 66.4 Å². The minimum atomic E-state index is -0.620. The Morgan fingerprint density at radius 1 is 1.03 bits per heavy atom. The number of aliphatic imine (C=N–C) groups is 1. The molecular weight excluding hydrogens is 396 g/mol. The molecule has 8 rings (SSSR count). The van der Waals surface area contributed by atoms with Crippen molar-refractivity contribution < 1.29 is 9.15 Å². The molecule has 2 aliphatic carbocycles. The van der Waals surface area contributed by atoms with Crippen molar-refractivity contribution in [2.45, 2.75) is 36.8 Å². The Kier molecular flexibility index (Phi) is 3.00. The van der Waals surface area contributed by atoms with E-state index in [4.69, 9.17) is 14.1 Å². The van der Waals surface area contributed by atoms with E-state index in [1.807, 2.05) is 0 Å². The molecule has 0 saturated heterocycles. The Hall–Kier alpha value is -3.27. The molecule has 0 radical (unpaired) electrons. The molecule has 0 N–H and O–H groups in total. The first-order valence-electron chi connectivity index (χ1n) is 11.7. The zero-order valence-electron chi connectivity index (χ0n) is 18.0. The van der Waals surface area contributed by atoms with Gasteiger partial charge < -0.3 is 14.1 Å². The van der Waals surface area contributed by atoms with Gasteiger partial charge in [-0.1, -0.05) is 36.8 Å². The van der Waals surface area contributed by atoms with Gasteiger partial charge in [-0.2, -0.15) is 0 Å². The van der Waals surface area contributed by atoms with Crippen molar-refractivity contribution in [2.75, 3.05) is 11.9 Å². The summed E-state index contributed by atoms with van der Waals surface area (Å²) in [5.41, 5.74) is 3.77. The molecule has 2 fully saturated rings. The lowest BCUT2D eigenvalue weighted by Gasteiger charge is -2.50. The minimum absolute atomic E-state index is 0.0937. The number of benzene rings is 3. The molecule has 1 aromatic heterocycles.